The monoisotopic (exact) mass is 289 g/mol. The van der Waals surface area contributed by atoms with Crippen molar-refractivity contribution in [3.05, 3.63) is 24.3 Å². The zero-order valence-corrected chi connectivity index (χ0v) is 11.9. The van der Waals surface area contributed by atoms with Crippen LogP contribution in [0.2, 0.25) is 0 Å². The number of hydrogen-bond donors (Lipinski definition) is 1. The van der Waals surface area contributed by atoms with E-state index in [2.05, 4.69) is 10.3 Å². The highest BCUT2D eigenvalue weighted by Gasteiger charge is 2.29. The highest BCUT2D eigenvalue weighted by atomic mass is 32.1. The van der Waals surface area contributed by atoms with Crippen LogP contribution in [0.5, 0.6) is 0 Å². The van der Waals surface area contributed by atoms with Crippen LogP contribution in [0.3, 0.4) is 0 Å². The van der Waals surface area contributed by atoms with E-state index in [4.69, 9.17) is 0 Å². The molecule has 2 aromatic rings. The Hall–Kier alpha value is -1.95. The number of fused-ring (bicyclic) bond motifs is 1. The first-order valence-corrected chi connectivity index (χ1v) is 7.35. The first kappa shape index (κ1) is 13.1. The van der Waals surface area contributed by atoms with Gasteiger partial charge in [-0.2, -0.15) is 0 Å². The van der Waals surface area contributed by atoms with Crippen molar-refractivity contribution in [2.45, 2.75) is 12.8 Å². The van der Waals surface area contributed by atoms with Crippen molar-refractivity contribution in [2.24, 2.45) is 5.92 Å². The lowest BCUT2D eigenvalue weighted by Gasteiger charge is -2.27. The van der Waals surface area contributed by atoms with E-state index >= 15 is 0 Å². The van der Waals surface area contributed by atoms with Crippen LogP contribution in [0.15, 0.2) is 24.3 Å². The molecule has 0 radical (unpaired) electrons. The zero-order chi connectivity index (χ0) is 14.1. The summed E-state index contributed by atoms with van der Waals surface area (Å²) in [6, 6.07) is 7.76. The Morgan fingerprint density at radius 3 is 3.00 bits per heavy atom. The van der Waals surface area contributed by atoms with Crippen LogP contribution in [0.25, 0.3) is 10.2 Å². The fourth-order valence-electron chi connectivity index (χ4n) is 2.30. The van der Waals surface area contributed by atoms with Gasteiger partial charge in [0.25, 0.3) is 0 Å². The van der Waals surface area contributed by atoms with Gasteiger partial charge in [-0.1, -0.05) is 23.5 Å². The molecule has 1 aromatic carbocycles. The predicted molar refractivity (Wildman–Crippen MR) is 78.6 cm³/mol. The highest BCUT2D eigenvalue weighted by Crippen LogP contribution is 2.27. The molecular weight excluding hydrogens is 274 g/mol. The minimum atomic E-state index is -0.245. The average Bonchev–Trinajstić information content (AvgIpc) is 2.83. The van der Waals surface area contributed by atoms with Gasteiger partial charge in [0.15, 0.2) is 5.13 Å². The molecule has 0 aliphatic carbocycles. The number of para-hydroxylation sites is 1. The number of likely N-dealkylation sites (tertiary alicyclic amines) is 1. The minimum Gasteiger partial charge on any atom is -0.346 e. The summed E-state index contributed by atoms with van der Waals surface area (Å²) in [5.41, 5.74) is 0.882. The maximum Gasteiger partial charge on any atom is 0.229 e. The van der Waals surface area contributed by atoms with E-state index in [0.29, 0.717) is 18.1 Å². The summed E-state index contributed by atoms with van der Waals surface area (Å²) in [7, 11) is 1.77. The number of benzene rings is 1. The second-order valence-electron chi connectivity index (χ2n) is 4.98. The third-order valence-electron chi connectivity index (χ3n) is 3.55. The van der Waals surface area contributed by atoms with Crippen molar-refractivity contribution >= 4 is 38.5 Å². The van der Waals surface area contributed by atoms with Gasteiger partial charge in [-0.25, -0.2) is 4.98 Å². The molecule has 0 unspecified atom stereocenters. The maximum atomic E-state index is 12.2. The van der Waals surface area contributed by atoms with E-state index < -0.39 is 0 Å². The van der Waals surface area contributed by atoms with E-state index in [-0.39, 0.29) is 24.2 Å². The van der Waals surface area contributed by atoms with Gasteiger partial charge < -0.3 is 10.2 Å². The number of carbonyl (C=O) groups excluding carboxylic acids is 2. The maximum absolute atomic E-state index is 12.2. The average molecular weight is 289 g/mol. The molecule has 1 aliphatic rings. The number of aromatic nitrogens is 1. The first-order chi connectivity index (χ1) is 9.63. The third-order valence-corrected chi connectivity index (χ3v) is 4.51. The summed E-state index contributed by atoms with van der Waals surface area (Å²) in [4.78, 5) is 29.9. The zero-order valence-electron chi connectivity index (χ0n) is 11.1. The second kappa shape index (κ2) is 5.20. The minimum absolute atomic E-state index is 0.0284. The summed E-state index contributed by atoms with van der Waals surface area (Å²) in [5.74, 6) is -0.322. The van der Waals surface area contributed by atoms with Gasteiger partial charge in [-0.3, -0.25) is 9.59 Å². The molecule has 1 aliphatic heterocycles. The number of hydrogen-bond acceptors (Lipinski definition) is 4. The van der Waals surface area contributed by atoms with E-state index in [1.807, 2.05) is 24.3 Å². The molecule has 0 bridgehead atoms. The van der Waals surface area contributed by atoms with E-state index in [1.165, 1.54) is 11.3 Å². The van der Waals surface area contributed by atoms with Crippen LogP contribution in [0, 0.1) is 5.92 Å². The first-order valence-electron chi connectivity index (χ1n) is 6.54. The lowest BCUT2D eigenvalue weighted by Crippen LogP contribution is -2.39. The Morgan fingerprint density at radius 1 is 1.45 bits per heavy atom. The van der Waals surface area contributed by atoms with Crippen LogP contribution < -0.4 is 5.32 Å². The molecule has 1 aromatic heterocycles. The van der Waals surface area contributed by atoms with Gasteiger partial charge in [0.05, 0.1) is 10.2 Å². The Morgan fingerprint density at radius 2 is 2.25 bits per heavy atom. The fourth-order valence-corrected chi connectivity index (χ4v) is 3.17. The SMILES string of the molecule is CN1CC[C@@H](C(=O)Nc2nc3ccccc3s2)CC1=O. The lowest BCUT2D eigenvalue weighted by molar-refractivity contribution is -0.137. The van der Waals surface area contributed by atoms with Crippen LogP contribution in [-0.4, -0.2) is 35.3 Å². The topological polar surface area (TPSA) is 62.3 Å². The molecule has 1 fully saturated rings. The number of thiazole rings is 1. The molecule has 2 amide bonds. The molecule has 104 valence electrons. The third kappa shape index (κ3) is 2.51. The second-order valence-corrected chi connectivity index (χ2v) is 6.01. The van der Waals surface area contributed by atoms with Crippen LogP contribution >= 0.6 is 11.3 Å². The van der Waals surface area contributed by atoms with Gasteiger partial charge >= 0.3 is 0 Å². The fraction of sp³-hybridized carbons (Fsp3) is 0.357. The summed E-state index contributed by atoms with van der Waals surface area (Å²) >= 11 is 1.45. The largest absolute Gasteiger partial charge is 0.346 e. The molecule has 5 nitrogen and oxygen atoms in total. The van der Waals surface area contributed by atoms with Crippen molar-refractivity contribution in [3.8, 4) is 0 Å². The Labute approximate surface area is 120 Å². The molecule has 20 heavy (non-hydrogen) atoms. The molecule has 1 atom stereocenters. The van der Waals surface area contributed by atoms with Crippen molar-refractivity contribution in [3.63, 3.8) is 0 Å². The number of amides is 2. The van der Waals surface area contributed by atoms with E-state index in [0.717, 1.165) is 10.2 Å². The summed E-state index contributed by atoms with van der Waals surface area (Å²) in [5, 5.41) is 3.43. The summed E-state index contributed by atoms with van der Waals surface area (Å²) in [6.07, 6.45) is 0.992. The molecule has 1 saturated heterocycles. The number of piperidine rings is 1. The van der Waals surface area contributed by atoms with Crippen molar-refractivity contribution in [1.82, 2.24) is 9.88 Å². The number of nitrogens with one attached hydrogen (secondary N) is 1. The quantitative estimate of drug-likeness (QED) is 0.921. The molecule has 3 rings (SSSR count). The van der Waals surface area contributed by atoms with Crippen molar-refractivity contribution < 1.29 is 9.59 Å². The number of rotatable bonds is 2. The predicted octanol–water partition coefficient (Wildman–Crippen LogP) is 2.10. The molecule has 2 heterocycles. The van der Waals surface area contributed by atoms with Crippen molar-refractivity contribution in [1.29, 1.82) is 0 Å². The van der Waals surface area contributed by atoms with Crippen LogP contribution in [0.4, 0.5) is 5.13 Å². The molecule has 0 spiro atoms. The lowest BCUT2D eigenvalue weighted by atomic mass is 9.96. The number of carbonyl (C=O) groups is 2. The molecule has 1 N–H and O–H groups in total. The highest BCUT2D eigenvalue weighted by molar-refractivity contribution is 7.22. The van der Waals surface area contributed by atoms with Crippen LogP contribution in [-0.2, 0) is 9.59 Å². The van der Waals surface area contributed by atoms with Crippen LogP contribution in [0.1, 0.15) is 12.8 Å². The summed E-state index contributed by atoms with van der Waals surface area (Å²) < 4.78 is 1.04. The van der Waals surface area contributed by atoms with Crippen molar-refractivity contribution in [2.75, 3.05) is 18.9 Å². The van der Waals surface area contributed by atoms with Gasteiger partial charge in [0.2, 0.25) is 11.8 Å². The number of anilines is 1. The molecule has 0 saturated carbocycles. The van der Waals surface area contributed by atoms with E-state index in [1.54, 1.807) is 11.9 Å². The smallest absolute Gasteiger partial charge is 0.229 e. The Bertz CT molecular complexity index is 634. The normalized spacial score (nSPS) is 19.4. The number of nitrogens with zero attached hydrogens (tertiary/aromatic N) is 2. The van der Waals surface area contributed by atoms with Gasteiger partial charge in [-0.05, 0) is 18.6 Å². The Balaban J connectivity index is 1.71. The summed E-state index contributed by atoms with van der Waals surface area (Å²) in [6.45, 7) is 0.636. The standard InChI is InChI=1S/C14H15N3O2S/c1-17-7-6-9(8-12(17)18)13(19)16-14-15-10-4-2-3-5-11(10)20-14/h2-5,9H,6-8H2,1H3,(H,15,16,19)/t9-/m1/s1. The van der Waals surface area contributed by atoms with Gasteiger partial charge in [0, 0.05) is 25.9 Å². The van der Waals surface area contributed by atoms with Gasteiger partial charge in [0.1, 0.15) is 0 Å². The Kier molecular flexibility index (Phi) is 3.40. The molecular formula is C14H15N3O2S. The van der Waals surface area contributed by atoms with Gasteiger partial charge in [-0.15, -0.1) is 0 Å². The van der Waals surface area contributed by atoms with E-state index in [9.17, 15) is 9.59 Å². The molecule has 6 heteroatoms.